The monoisotopic (exact) mass is 347 g/mol. The summed E-state index contributed by atoms with van der Waals surface area (Å²) in [4.78, 5) is 20.5. The number of nitrogens with zero attached hydrogens (tertiary/aromatic N) is 3. The van der Waals surface area contributed by atoms with E-state index in [1.807, 2.05) is 6.20 Å². The number of pyridine rings is 2. The molecule has 2 unspecified atom stereocenters. The summed E-state index contributed by atoms with van der Waals surface area (Å²) >= 11 is 11.9. The minimum absolute atomic E-state index is 0.0466. The Labute approximate surface area is 141 Å². The Bertz CT molecular complexity index is 896. The lowest BCUT2D eigenvalue weighted by Crippen LogP contribution is -2.15. The van der Waals surface area contributed by atoms with Crippen molar-refractivity contribution in [2.24, 2.45) is 5.92 Å². The molecule has 4 rings (SSSR count). The first-order valence-electron chi connectivity index (χ1n) is 7.03. The highest BCUT2D eigenvalue weighted by molar-refractivity contribution is 6.36. The molecule has 23 heavy (non-hydrogen) atoms. The molecule has 0 saturated heterocycles. The summed E-state index contributed by atoms with van der Waals surface area (Å²) in [5.41, 5.74) is 1.06. The Morgan fingerprint density at radius 1 is 1.30 bits per heavy atom. The van der Waals surface area contributed by atoms with Crippen molar-refractivity contribution in [1.29, 1.82) is 0 Å². The number of anilines is 1. The van der Waals surface area contributed by atoms with Gasteiger partial charge in [-0.15, -0.1) is 0 Å². The van der Waals surface area contributed by atoms with E-state index in [4.69, 9.17) is 23.2 Å². The fraction of sp³-hybridized carbons (Fsp3) is 0.200. The van der Waals surface area contributed by atoms with Gasteiger partial charge < -0.3 is 5.32 Å². The molecular formula is C15H11Cl2N5O. The van der Waals surface area contributed by atoms with Crippen LogP contribution >= 0.6 is 23.2 Å². The Hall–Kier alpha value is -2.18. The Kier molecular flexibility index (Phi) is 3.43. The fourth-order valence-electron chi connectivity index (χ4n) is 2.68. The molecular weight excluding hydrogens is 337 g/mol. The van der Waals surface area contributed by atoms with Gasteiger partial charge >= 0.3 is 0 Å². The number of amides is 1. The fourth-order valence-corrected chi connectivity index (χ4v) is 3.18. The van der Waals surface area contributed by atoms with E-state index in [1.54, 1.807) is 24.5 Å². The molecule has 0 bridgehead atoms. The van der Waals surface area contributed by atoms with Crippen molar-refractivity contribution in [3.05, 3.63) is 46.6 Å². The Morgan fingerprint density at radius 3 is 2.96 bits per heavy atom. The van der Waals surface area contributed by atoms with Crippen molar-refractivity contribution in [2.45, 2.75) is 12.3 Å². The van der Waals surface area contributed by atoms with Gasteiger partial charge in [-0.05, 0) is 35.4 Å². The van der Waals surface area contributed by atoms with Crippen LogP contribution in [0, 0.1) is 5.92 Å². The van der Waals surface area contributed by atoms with E-state index in [0.29, 0.717) is 21.5 Å². The number of H-pyrrole nitrogens is 1. The molecule has 8 heteroatoms. The van der Waals surface area contributed by atoms with Crippen LogP contribution in [0.5, 0.6) is 0 Å². The third kappa shape index (κ3) is 2.75. The molecule has 0 aromatic carbocycles. The van der Waals surface area contributed by atoms with Gasteiger partial charge in [0, 0.05) is 23.7 Å². The zero-order valence-corrected chi connectivity index (χ0v) is 13.3. The highest BCUT2D eigenvalue weighted by Gasteiger charge is 2.44. The predicted octanol–water partition coefficient (Wildman–Crippen LogP) is 3.40. The predicted molar refractivity (Wildman–Crippen MR) is 87.6 cm³/mol. The molecule has 1 amide bonds. The number of hydrogen-bond donors (Lipinski definition) is 2. The van der Waals surface area contributed by atoms with Gasteiger partial charge in [0.05, 0.1) is 6.20 Å². The second kappa shape index (κ2) is 5.47. The number of aromatic nitrogens is 4. The van der Waals surface area contributed by atoms with Gasteiger partial charge in [0.1, 0.15) is 16.1 Å². The number of carbonyl (C=O) groups is 1. The van der Waals surface area contributed by atoms with E-state index >= 15 is 0 Å². The number of carbonyl (C=O) groups excluding carboxylic acids is 1. The van der Waals surface area contributed by atoms with Gasteiger partial charge in [0.25, 0.3) is 0 Å². The molecule has 2 atom stereocenters. The summed E-state index contributed by atoms with van der Waals surface area (Å²) in [5.74, 6) is 0.602. The lowest BCUT2D eigenvalue weighted by atomic mass is 10.2. The molecule has 1 fully saturated rings. The van der Waals surface area contributed by atoms with Crippen LogP contribution in [0.1, 0.15) is 17.9 Å². The maximum atomic E-state index is 12.3. The van der Waals surface area contributed by atoms with Gasteiger partial charge in [0.15, 0.2) is 0 Å². The molecule has 116 valence electrons. The zero-order valence-electron chi connectivity index (χ0n) is 11.8. The molecule has 1 saturated carbocycles. The van der Waals surface area contributed by atoms with E-state index in [9.17, 15) is 4.79 Å². The number of rotatable bonds is 3. The van der Waals surface area contributed by atoms with Crippen LogP contribution in [-0.2, 0) is 4.79 Å². The van der Waals surface area contributed by atoms with Crippen molar-refractivity contribution in [3.63, 3.8) is 0 Å². The highest BCUT2D eigenvalue weighted by Crippen LogP contribution is 2.47. The molecule has 0 spiro atoms. The quantitative estimate of drug-likeness (QED) is 0.711. The SMILES string of the molecule is O=C(Nc1cc2cc(Cl)nc(Cl)c2cn1)C1CC1c1cn[nH]c1. The summed E-state index contributed by atoms with van der Waals surface area (Å²) in [7, 11) is 0. The molecule has 0 aliphatic heterocycles. The molecule has 3 aromatic heterocycles. The number of halogens is 2. The van der Waals surface area contributed by atoms with Gasteiger partial charge in [0.2, 0.25) is 5.91 Å². The van der Waals surface area contributed by atoms with E-state index in [2.05, 4.69) is 25.5 Å². The number of nitrogens with one attached hydrogen (secondary N) is 2. The van der Waals surface area contributed by atoms with E-state index in [-0.39, 0.29) is 17.7 Å². The lowest BCUT2D eigenvalue weighted by Gasteiger charge is -2.06. The van der Waals surface area contributed by atoms with Crippen LogP contribution in [-0.4, -0.2) is 26.1 Å². The van der Waals surface area contributed by atoms with Crippen LogP contribution in [0.15, 0.2) is 30.7 Å². The molecule has 0 radical (unpaired) electrons. The second-order valence-electron chi connectivity index (χ2n) is 5.50. The number of aromatic amines is 1. The first kappa shape index (κ1) is 14.4. The minimum Gasteiger partial charge on any atom is -0.310 e. The van der Waals surface area contributed by atoms with E-state index < -0.39 is 0 Å². The summed E-state index contributed by atoms with van der Waals surface area (Å²) in [5, 5.41) is 11.6. The first-order valence-corrected chi connectivity index (χ1v) is 7.79. The third-order valence-electron chi connectivity index (χ3n) is 3.96. The largest absolute Gasteiger partial charge is 0.310 e. The average molecular weight is 348 g/mol. The summed E-state index contributed by atoms with van der Waals surface area (Å²) in [6.07, 6.45) is 5.98. The topological polar surface area (TPSA) is 83.6 Å². The van der Waals surface area contributed by atoms with Crippen LogP contribution in [0.3, 0.4) is 0 Å². The smallest absolute Gasteiger partial charge is 0.229 e. The van der Waals surface area contributed by atoms with Crippen LogP contribution in [0.4, 0.5) is 5.82 Å². The average Bonchev–Trinajstić information content (AvgIpc) is 3.13. The maximum absolute atomic E-state index is 12.3. The Morgan fingerprint density at radius 2 is 2.17 bits per heavy atom. The zero-order chi connectivity index (χ0) is 16.0. The molecule has 2 N–H and O–H groups in total. The lowest BCUT2D eigenvalue weighted by molar-refractivity contribution is -0.117. The summed E-state index contributed by atoms with van der Waals surface area (Å²) < 4.78 is 0. The standard InChI is InChI=1S/C15H11Cl2N5O/c16-12-1-7-2-13(18-6-11(7)14(17)21-12)22-15(23)10-3-9(10)8-4-19-20-5-8/h1-2,4-6,9-10H,3H2,(H,19,20)(H,18,22,23). The molecule has 3 aromatic rings. The molecule has 3 heterocycles. The van der Waals surface area contributed by atoms with Gasteiger partial charge in [-0.3, -0.25) is 9.89 Å². The van der Waals surface area contributed by atoms with Crippen molar-refractivity contribution < 1.29 is 4.79 Å². The third-order valence-corrected chi connectivity index (χ3v) is 4.45. The van der Waals surface area contributed by atoms with Gasteiger partial charge in [-0.25, -0.2) is 9.97 Å². The van der Waals surface area contributed by atoms with E-state index in [1.165, 1.54) is 0 Å². The van der Waals surface area contributed by atoms with Crippen LogP contribution in [0.25, 0.3) is 10.8 Å². The summed E-state index contributed by atoms with van der Waals surface area (Å²) in [6.45, 7) is 0. The van der Waals surface area contributed by atoms with E-state index in [0.717, 1.165) is 17.4 Å². The van der Waals surface area contributed by atoms with Gasteiger partial charge in [-0.1, -0.05) is 23.2 Å². The van der Waals surface area contributed by atoms with Crippen molar-refractivity contribution in [2.75, 3.05) is 5.32 Å². The Balaban J connectivity index is 1.53. The molecule has 6 nitrogen and oxygen atoms in total. The van der Waals surface area contributed by atoms with Crippen LogP contribution in [0.2, 0.25) is 10.3 Å². The minimum atomic E-state index is -0.0469. The van der Waals surface area contributed by atoms with Crippen molar-refractivity contribution in [3.8, 4) is 0 Å². The summed E-state index contributed by atoms with van der Waals surface area (Å²) in [6, 6.07) is 3.42. The molecule has 1 aliphatic carbocycles. The molecule has 1 aliphatic rings. The number of fused-ring (bicyclic) bond motifs is 1. The second-order valence-corrected chi connectivity index (χ2v) is 6.24. The number of hydrogen-bond acceptors (Lipinski definition) is 4. The first-order chi connectivity index (χ1) is 11.1. The van der Waals surface area contributed by atoms with Crippen molar-refractivity contribution >= 4 is 45.7 Å². The maximum Gasteiger partial charge on any atom is 0.229 e. The normalized spacial score (nSPS) is 19.7. The van der Waals surface area contributed by atoms with Crippen molar-refractivity contribution in [1.82, 2.24) is 20.2 Å². The highest BCUT2D eigenvalue weighted by atomic mass is 35.5. The van der Waals surface area contributed by atoms with Gasteiger partial charge in [-0.2, -0.15) is 5.10 Å². The van der Waals surface area contributed by atoms with Crippen LogP contribution < -0.4 is 5.32 Å².